The Morgan fingerprint density at radius 3 is 2.74 bits per heavy atom. The first-order valence-corrected chi connectivity index (χ1v) is 12.0. The first-order valence-electron chi connectivity index (χ1n) is 12.0. The number of nitrogens with zero attached hydrogens (tertiary/aromatic N) is 5. The van der Waals surface area contributed by atoms with Crippen LogP contribution in [0.3, 0.4) is 0 Å². The molecule has 5 rings (SSSR count). The lowest BCUT2D eigenvalue weighted by molar-refractivity contribution is -0.125. The van der Waals surface area contributed by atoms with Crippen molar-refractivity contribution in [2.45, 2.75) is 45.6 Å². The molecule has 3 aromatic rings. The van der Waals surface area contributed by atoms with Crippen molar-refractivity contribution in [1.82, 2.24) is 19.9 Å². The minimum Gasteiger partial charge on any atom is -0.492 e. The van der Waals surface area contributed by atoms with E-state index in [1.807, 2.05) is 31.3 Å². The summed E-state index contributed by atoms with van der Waals surface area (Å²) in [6, 6.07) is 8.33. The van der Waals surface area contributed by atoms with Crippen molar-refractivity contribution < 1.29 is 9.53 Å². The van der Waals surface area contributed by atoms with Crippen LogP contribution < -0.4 is 15.0 Å². The van der Waals surface area contributed by atoms with E-state index in [4.69, 9.17) is 9.72 Å². The molecule has 8 heteroatoms. The summed E-state index contributed by atoms with van der Waals surface area (Å²) in [6.07, 6.45) is 8.82. The van der Waals surface area contributed by atoms with Crippen LogP contribution in [0.2, 0.25) is 0 Å². The minimum absolute atomic E-state index is 0.0613. The second-order valence-corrected chi connectivity index (χ2v) is 9.63. The van der Waals surface area contributed by atoms with Crippen LogP contribution in [-0.2, 0) is 4.79 Å². The molecule has 5 heterocycles. The van der Waals surface area contributed by atoms with Gasteiger partial charge in [-0.25, -0.2) is 9.50 Å². The number of Topliss-reactive ketones (excluding diaryl/α,β-unsaturated/α-hetero) is 1. The first kappa shape index (κ1) is 22.4. The molecule has 34 heavy (non-hydrogen) atoms. The Labute approximate surface area is 199 Å². The molecule has 0 bridgehead atoms. The van der Waals surface area contributed by atoms with Crippen molar-refractivity contribution in [3.05, 3.63) is 42.4 Å². The zero-order chi connectivity index (χ0) is 23.7. The highest BCUT2D eigenvalue weighted by Crippen LogP contribution is 2.37. The minimum atomic E-state index is 0.0613. The van der Waals surface area contributed by atoms with Crippen molar-refractivity contribution in [3.63, 3.8) is 0 Å². The Morgan fingerprint density at radius 2 is 2.12 bits per heavy atom. The highest BCUT2D eigenvalue weighted by atomic mass is 16.5. The van der Waals surface area contributed by atoms with Gasteiger partial charge in [-0.1, -0.05) is 6.92 Å². The van der Waals surface area contributed by atoms with E-state index in [0.717, 1.165) is 61.4 Å². The number of carbonyl (C=O) groups is 1. The number of pyridine rings is 2. The van der Waals surface area contributed by atoms with E-state index >= 15 is 0 Å². The monoisotopic (exact) mass is 458 g/mol. The fourth-order valence-corrected chi connectivity index (χ4v) is 4.94. The van der Waals surface area contributed by atoms with Gasteiger partial charge in [0.25, 0.3) is 0 Å². The van der Waals surface area contributed by atoms with Gasteiger partial charge in [0.15, 0.2) is 0 Å². The van der Waals surface area contributed by atoms with E-state index in [0.29, 0.717) is 30.1 Å². The molecule has 0 aromatic carbocycles. The molecular formula is C26H30N6O2. The summed E-state index contributed by atoms with van der Waals surface area (Å²) in [5.41, 5.74) is 3.11. The number of fused-ring (bicyclic) bond motifs is 1. The Kier molecular flexibility index (Phi) is 5.96. The van der Waals surface area contributed by atoms with Gasteiger partial charge in [-0.3, -0.25) is 4.79 Å². The Hall–Kier alpha value is -3.44. The largest absolute Gasteiger partial charge is 0.492 e. The van der Waals surface area contributed by atoms with E-state index in [-0.39, 0.29) is 11.5 Å². The standard InChI is InChI=1S/C26H30N6O2/c1-3-34-20-12-21(25-19(14-27)16-30-32(25)17-20)18-4-5-24(29-15-18)31-10-7-26(2,8-11-31)13-23(33)22-6-9-28-22/h4-5,12,15-17,22,28H,3,6-11,13H2,1-2H3/t22-/m0/s1. The molecule has 8 nitrogen and oxygen atoms in total. The van der Waals surface area contributed by atoms with E-state index in [9.17, 15) is 10.1 Å². The number of anilines is 1. The van der Waals surface area contributed by atoms with Gasteiger partial charge in [0.05, 0.1) is 36.1 Å². The number of hydrogen-bond donors (Lipinski definition) is 1. The maximum atomic E-state index is 12.5. The van der Waals surface area contributed by atoms with Gasteiger partial charge in [-0.15, -0.1) is 0 Å². The van der Waals surface area contributed by atoms with Crippen molar-refractivity contribution >= 4 is 17.1 Å². The second-order valence-electron chi connectivity index (χ2n) is 9.63. The number of rotatable bonds is 7. The van der Waals surface area contributed by atoms with Gasteiger partial charge in [0.2, 0.25) is 0 Å². The fourth-order valence-electron chi connectivity index (χ4n) is 4.94. The molecule has 1 N–H and O–H groups in total. The number of nitrogens with one attached hydrogen (secondary N) is 1. The SMILES string of the molecule is CCOc1cc(-c2ccc(N3CCC(C)(CC(=O)[C@@H]4CCN4)CC3)nc2)c2c(C#N)cnn2c1. The molecule has 0 aliphatic carbocycles. The first-order chi connectivity index (χ1) is 16.5. The average Bonchev–Trinajstić information content (AvgIpc) is 3.21. The zero-order valence-electron chi connectivity index (χ0n) is 19.8. The average molecular weight is 459 g/mol. The zero-order valence-corrected chi connectivity index (χ0v) is 19.8. The molecule has 0 amide bonds. The smallest absolute Gasteiger partial charge is 0.150 e. The predicted octanol–water partition coefficient (Wildman–Crippen LogP) is 3.59. The molecule has 2 aliphatic rings. The normalized spacial score (nSPS) is 19.4. The third-order valence-corrected chi connectivity index (χ3v) is 7.18. The Morgan fingerprint density at radius 1 is 1.32 bits per heavy atom. The number of ether oxygens (including phenoxy) is 1. The number of ketones is 1. The number of piperidine rings is 1. The highest BCUT2D eigenvalue weighted by molar-refractivity contribution is 5.86. The maximum absolute atomic E-state index is 12.5. The highest BCUT2D eigenvalue weighted by Gasteiger charge is 2.35. The van der Waals surface area contributed by atoms with Crippen LogP contribution in [0, 0.1) is 16.7 Å². The van der Waals surface area contributed by atoms with Crippen LogP contribution >= 0.6 is 0 Å². The summed E-state index contributed by atoms with van der Waals surface area (Å²) in [5.74, 6) is 1.99. The quantitative estimate of drug-likeness (QED) is 0.578. The Balaban J connectivity index is 1.33. The molecule has 0 spiro atoms. The second kappa shape index (κ2) is 9.07. The molecule has 0 saturated carbocycles. The van der Waals surface area contributed by atoms with Crippen LogP contribution in [0.4, 0.5) is 5.82 Å². The molecule has 176 valence electrons. The lowest BCUT2D eigenvalue weighted by Crippen LogP contribution is -2.50. The summed E-state index contributed by atoms with van der Waals surface area (Å²) in [6.45, 7) is 7.47. The number of nitriles is 1. The molecule has 0 radical (unpaired) electrons. The van der Waals surface area contributed by atoms with E-state index in [1.54, 1.807) is 16.9 Å². The summed E-state index contributed by atoms with van der Waals surface area (Å²) >= 11 is 0. The van der Waals surface area contributed by atoms with E-state index < -0.39 is 0 Å². The van der Waals surface area contributed by atoms with Crippen LogP contribution in [0.25, 0.3) is 16.6 Å². The summed E-state index contributed by atoms with van der Waals surface area (Å²) in [7, 11) is 0. The van der Waals surface area contributed by atoms with Gasteiger partial charge in [0.1, 0.15) is 23.4 Å². The van der Waals surface area contributed by atoms with Crippen LogP contribution in [0.5, 0.6) is 5.75 Å². The summed E-state index contributed by atoms with van der Waals surface area (Å²) < 4.78 is 7.40. The van der Waals surface area contributed by atoms with Crippen molar-refractivity contribution in [2.75, 3.05) is 31.1 Å². The topological polar surface area (TPSA) is 95.5 Å². The number of hydrogen-bond acceptors (Lipinski definition) is 7. The predicted molar refractivity (Wildman–Crippen MR) is 130 cm³/mol. The lowest BCUT2D eigenvalue weighted by Gasteiger charge is -2.41. The maximum Gasteiger partial charge on any atom is 0.150 e. The molecule has 2 aliphatic heterocycles. The van der Waals surface area contributed by atoms with Crippen LogP contribution in [-0.4, -0.2) is 52.7 Å². The third-order valence-electron chi connectivity index (χ3n) is 7.18. The van der Waals surface area contributed by atoms with Crippen LogP contribution in [0.1, 0.15) is 45.1 Å². The third kappa shape index (κ3) is 4.24. The number of carbonyl (C=O) groups excluding carboxylic acids is 1. The molecule has 0 unspecified atom stereocenters. The van der Waals surface area contributed by atoms with Crippen molar-refractivity contribution in [1.29, 1.82) is 5.26 Å². The lowest BCUT2D eigenvalue weighted by atomic mass is 9.75. The van der Waals surface area contributed by atoms with Gasteiger partial charge in [-0.05, 0) is 56.3 Å². The fraction of sp³-hybridized carbons (Fsp3) is 0.462. The van der Waals surface area contributed by atoms with Crippen molar-refractivity contribution in [3.8, 4) is 22.9 Å². The van der Waals surface area contributed by atoms with Crippen molar-refractivity contribution in [2.24, 2.45) is 5.41 Å². The summed E-state index contributed by atoms with van der Waals surface area (Å²) in [5, 5.41) is 17.1. The Bertz CT molecular complexity index is 1230. The molecule has 1 atom stereocenters. The molecular weight excluding hydrogens is 428 g/mol. The van der Waals surface area contributed by atoms with Gasteiger partial charge in [0, 0.05) is 36.8 Å². The van der Waals surface area contributed by atoms with Crippen LogP contribution in [0.15, 0.2) is 36.8 Å². The summed E-state index contributed by atoms with van der Waals surface area (Å²) in [4.78, 5) is 19.5. The van der Waals surface area contributed by atoms with Gasteiger partial charge in [-0.2, -0.15) is 10.4 Å². The number of aromatic nitrogens is 3. The molecule has 2 fully saturated rings. The van der Waals surface area contributed by atoms with Gasteiger partial charge >= 0.3 is 0 Å². The molecule has 2 saturated heterocycles. The molecule has 3 aromatic heterocycles. The van der Waals surface area contributed by atoms with E-state index in [1.165, 1.54) is 0 Å². The van der Waals surface area contributed by atoms with Gasteiger partial charge < -0.3 is 15.0 Å². The van der Waals surface area contributed by atoms with E-state index in [2.05, 4.69) is 28.3 Å².